The van der Waals surface area contributed by atoms with Crippen LogP contribution in [0.2, 0.25) is 0 Å². The minimum absolute atomic E-state index is 0.155. The largest absolute Gasteiger partial charge is 0.344 e. The Bertz CT molecular complexity index is 697. The van der Waals surface area contributed by atoms with Gasteiger partial charge in [0.05, 0.1) is 23.4 Å². The SMILES string of the molecule is CC(C)(NC(=O)C1C2CNCC21)c1ncc2cnccn12. The van der Waals surface area contributed by atoms with Crippen LogP contribution >= 0.6 is 0 Å². The lowest BCUT2D eigenvalue weighted by molar-refractivity contribution is -0.124. The Labute approximate surface area is 123 Å². The summed E-state index contributed by atoms with van der Waals surface area (Å²) in [4.78, 5) is 21.0. The highest BCUT2D eigenvalue weighted by atomic mass is 16.2. The molecule has 21 heavy (non-hydrogen) atoms. The Morgan fingerprint density at radius 3 is 2.90 bits per heavy atom. The summed E-state index contributed by atoms with van der Waals surface area (Å²) in [5.41, 5.74) is 0.428. The van der Waals surface area contributed by atoms with E-state index in [0.717, 1.165) is 24.4 Å². The lowest BCUT2D eigenvalue weighted by Crippen LogP contribution is -2.44. The molecule has 2 atom stereocenters. The van der Waals surface area contributed by atoms with Crippen LogP contribution in [0.1, 0.15) is 19.7 Å². The molecule has 1 amide bonds. The number of aromatic nitrogens is 3. The van der Waals surface area contributed by atoms with E-state index in [9.17, 15) is 4.79 Å². The van der Waals surface area contributed by atoms with E-state index in [0.29, 0.717) is 11.8 Å². The number of carbonyl (C=O) groups excluding carboxylic acids is 1. The molecular formula is C15H19N5O. The van der Waals surface area contributed by atoms with E-state index in [1.54, 1.807) is 18.6 Å². The predicted molar refractivity (Wildman–Crippen MR) is 77.5 cm³/mol. The minimum atomic E-state index is -0.505. The second-order valence-electron chi connectivity index (χ2n) is 6.58. The van der Waals surface area contributed by atoms with Crippen LogP contribution in [-0.2, 0) is 10.3 Å². The molecule has 0 bridgehead atoms. The molecule has 2 aromatic rings. The third-order valence-electron chi connectivity index (χ3n) is 4.72. The van der Waals surface area contributed by atoms with Gasteiger partial charge in [-0.2, -0.15) is 0 Å². The molecule has 0 spiro atoms. The molecule has 110 valence electrons. The Morgan fingerprint density at radius 1 is 1.38 bits per heavy atom. The first-order valence-corrected chi connectivity index (χ1v) is 7.38. The lowest BCUT2D eigenvalue weighted by atomic mass is 10.0. The fourth-order valence-electron chi connectivity index (χ4n) is 3.57. The maximum atomic E-state index is 12.5. The van der Waals surface area contributed by atoms with Crippen LogP contribution in [-0.4, -0.2) is 33.4 Å². The quantitative estimate of drug-likeness (QED) is 0.864. The Hall–Kier alpha value is -1.95. The number of fused-ring (bicyclic) bond motifs is 2. The fraction of sp³-hybridized carbons (Fsp3) is 0.533. The highest BCUT2D eigenvalue weighted by Gasteiger charge is 2.57. The van der Waals surface area contributed by atoms with Gasteiger partial charge in [0.25, 0.3) is 0 Å². The molecule has 6 nitrogen and oxygen atoms in total. The molecule has 2 unspecified atom stereocenters. The third kappa shape index (κ3) is 1.93. The molecule has 1 aliphatic carbocycles. The van der Waals surface area contributed by atoms with E-state index in [4.69, 9.17) is 0 Å². The van der Waals surface area contributed by atoms with Gasteiger partial charge in [-0.05, 0) is 38.8 Å². The van der Waals surface area contributed by atoms with Crippen molar-refractivity contribution in [2.24, 2.45) is 17.8 Å². The topological polar surface area (TPSA) is 71.3 Å². The summed E-state index contributed by atoms with van der Waals surface area (Å²) < 4.78 is 1.97. The predicted octanol–water partition coefficient (Wildman–Crippen LogP) is 0.546. The number of amides is 1. The molecule has 2 N–H and O–H groups in total. The van der Waals surface area contributed by atoms with Crippen molar-refractivity contribution >= 4 is 11.4 Å². The van der Waals surface area contributed by atoms with Crippen LogP contribution in [0.3, 0.4) is 0 Å². The molecule has 0 radical (unpaired) electrons. The summed E-state index contributed by atoms with van der Waals surface area (Å²) in [6, 6.07) is 0. The Morgan fingerprint density at radius 2 is 2.14 bits per heavy atom. The van der Waals surface area contributed by atoms with Gasteiger partial charge in [-0.15, -0.1) is 0 Å². The number of nitrogens with zero attached hydrogens (tertiary/aromatic N) is 3. The van der Waals surface area contributed by atoms with Gasteiger partial charge in [0.2, 0.25) is 5.91 Å². The Balaban J connectivity index is 1.57. The Kier molecular flexibility index (Phi) is 2.60. The van der Waals surface area contributed by atoms with Gasteiger partial charge in [0.1, 0.15) is 5.82 Å². The standard InChI is InChI=1S/C15H19N5O/c1-15(2,14-18-6-9-5-16-3-4-20(9)14)19-13(21)12-10-7-17-8-11(10)12/h3-6,10-12,17H,7-8H2,1-2H3,(H,19,21). The molecule has 1 saturated heterocycles. The molecule has 1 saturated carbocycles. The number of imidazole rings is 1. The van der Waals surface area contributed by atoms with E-state index in [-0.39, 0.29) is 11.8 Å². The average molecular weight is 285 g/mol. The summed E-state index contributed by atoms with van der Waals surface area (Å²) in [6.45, 7) is 5.94. The molecule has 3 heterocycles. The van der Waals surface area contributed by atoms with Crippen molar-refractivity contribution in [1.29, 1.82) is 0 Å². The highest BCUT2D eigenvalue weighted by Crippen LogP contribution is 2.49. The van der Waals surface area contributed by atoms with Crippen molar-refractivity contribution in [3.05, 3.63) is 30.6 Å². The molecule has 2 aromatic heterocycles. The first kappa shape index (κ1) is 12.8. The van der Waals surface area contributed by atoms with Crippen LogP contribution in [0.5, 0.6) is 0 Å². The van der Waals surface area contributed by atoms with Gasteiger partial charge in [0.15, 0.2) is 0 Å². The van der Waals surface area contributed by atoms with E-state index < -0.39 is 5.54 Å². The maximum absolute atomic E-state index is 12.5. The highest BCUT2D eigenvalue weighted by molar-refractivity contribution is 5.83. The molecule has 2 aliphatic rings. The van der Waals surface area contributed by atoms with E-state index in [2.05, 4.69) is 20.6 Å². The van der Waals surface area contributed by atoms with Crippen LogP contribution in [0.25, 0.3) is 5.52 Å². The van der Waals surface area contributed by atoms with Crippen LogP contribution < -0.4 is 10.6 Å². The summed E-state index contributed by atoms with van der Waals surface area (Å²) in [7, 11) is 0. The maximum Gasteiger partial charge on any atom is 0.224 e. The smallest absolute Gasteiger partial charge is 0.224 e. The number of rotatable bonds is 3. The zero-order chi connectivity index (χ0) is 14.6. The second-order valence-corrected chi connectivity index (χ2v) is 6.58. The van der Waals surface area contributed by atoms with E-state index >= 15 is 0 Å². The van der Waals surface area contributed by atoms with E-state index in [1.807, 2.05) is 24.4 Å². The fourth-order valence-corrected chi connectivity index (χ4v) is 3.57. The van der Waals surface area contributed by atoms with Gasteiger partial charge < -0.3 is 10.6 Å². The van der Waals surface area contributed by atoms with Crippen molar-refractivity contribution in [1.82, 2.24) is 25.0 Å². The first-order valence-electron chi connectivity index (χ1n) is 7.38. The molecular weight excluding hydrogens is 266 g/mol. The van der Waals surface area contributed by atoms with Gasteiger partial charge >= 0.3 is 0 Å². The molecule has 1 aliphatic heterocycles. The van der Waals surface area contributed by atoms with Crippen molar-refractivity contribution in [3.8, 4) is 0 Å². The lowest BCUT2D eigenvalue weighted by Gasteiger charge is -2.25. The van der Waals surface area contributed by atoms with Gasteiger partial charge in [-0.25, -0.2) is 4.98 Å². The summed E-state index contributed by atoms with van der Waals surface area (Å²) in [6.07, 6.45) is 7.16. The van der Waals surface area contributed by atoms with Crippen LogP contribution in [0, 0.1) is 17.8 Å². The van der Waals surface area contributed by atoms with Crippen LogP contribution in [0.4, 0.5) is 0 Å². The number of carbonyl (C=O) groups is 1. The minimum Gasteiger partial charge on any atom is -0.344 e. The van der Waals surface area contributed by atoms with Crippen molar-refractivity contribution in [3.63, 3.8) is 0 Å². The van der Waals surface area contributed by atoms with Gasteiger partial charge in [-0.1, -0.05) is 0 Å². The van der Waals surface area contributed by atoms with Gasteiger partial charge in [-0.3, -0.25) is 14.2 Å². The van der Waals surface area contributed by atoms with E-state index in [1.165, 1.54) is 0 Å². The van der Waals surface area contributed by atoms with Crippen molar-refractivity contribution in [2.75, 3.05) is 13.1 Å². The average Bonchev–Trinajstić information content (AvgIpc) is 2.82. The summed E-state index contributed by atoms with van der Waals surface area (Å²) in [5.74, 6) is 2.22. The van der Waals surface area contributed by atoms with Crippen LogP contribution in [0.15, 0.2) is 24.8 Å². The number of nitrogens with one attached hydrogen (secondary N) is 2. The first-order chi connectivity index (χ1) is 10.1. The molecule has 2 fully saturated rings. The third-order valence-corrected chi connectivity index (χ3v) is 4.72. The van der Waals surface area contributed by atoms with Gasteiger partial charge in [0, 0.05) is 18.3 Å². The number of hydrogen-bond acceptors (Lipinski definition) is 4. The summed E-state index contributed by atoms with van der Waals surface area (Å²) >= 11 is 0. The molecule has 6 heteroatoms. The van der Waals surface area contributed by atoms with Crippen molar-refractivity contribution < 1.29 is 4.79 Å². The number of hydrogen-bond donors (Lipinski definition) is 2. The van der Waals surface area contributed by atoms with Crippen molar-refractivity contribution in [2.45, 2.75) is 19.4 Å². The molecule has 4 rings (SSSR count). The zero-order valence-corrected chi connectivity index (χ0v) is 12.2. The normalized spacial score (nSPS) is 27.6. The number of piperidine rings is 1. The second kappa shape index (κ2) is 4.27. The summed E-state index contributed by atoms with van der Waals surface area (Å²) in [5, 5.41) is 6.49. The monoisotopic (exact) mass is 285 g/mol. The molecule has 0 aromatic carbocycles. The zero-order valence-electron chi connectivity index (χ0n) is 12.2.